The number of hydrogen-bond acceptors (Lipinski definition) is 4. The van der Waals surface area contributed by atoms with Gasteiger partial charge >= 0.3 is 5.97 Å². The van der Waals surface area contributed by atoms with E-state index in [-0.39, 0.29) is 5.97 Å². The first kappa shape index (κ1) is 18.0. The van der Waals surface area contributed by atoms with E-state index in [1.165, 1.54) is 0 Å². The van der Waals surface area contributed by atoms with Crippen molar-refractivity contribution in [1.82, 2.24) is 15.1 Å². The molecule has 0 fully saturated rings. The van der Waals surface area contributed by atoms with Crippen LogP contribution in [0.25, 0.3) is 0 Å². The number of carbonyl (C=O) groups is 1. The SMILES string of the molecule is CCOC(=O)C(C)(CCCCn1nc(C)c(Cl)c1C)NC. The number of unbranched alkanes of at least 4 members (excludes halogenated alkanes) is 1. The maximum Gasteiger partial charge on any atom is 0.326 e. The summed E-state index contributed by atoms with van der Waals surface area (Å²) in [5.74, 6) is -0.193. The molecule has 0 bridgehead atoms. The number of carbonyl (C=O) groups excluding carboxylic acids is 1. The van der Waals surface area contributed by atoms with Crippen molar-refractivity contribution in [2.24, 2.45) is 0 Å². The number of rotatable bonds is 8. The summed E-state index contributed by atoms with van der Waals surface area (Å²) in [5.41, 5.74) is 1.24. The summed E-state index contributed by atoms with van der Waals surface area (Å²) in [4.78, 5) is 11.9. The molecule has 0 amide bonds. The third-order valence-electron chi connectivity index (χ3n) is 3.87. The summed E-state index contributed by atoms with van der Waals surface area (Å²) in [5, 5.41) is 8.21. The quantitative estimate of drug-likeness (QED) is 0.592. The molecule has 1 aromatic rings. The molecule has 1 unspecified atom stereocenters. The molecule has 5 nitrogen and oxygen atoms in total. The number of halogens is 1. The van der Waals surface area contributed by atoms with Gasteiger partial charge in [0, 0.05) is 6.54 Å². The molecule has 0 aliphatic rings. The molecule has 1 N–H and O–H groups in total. The van der Waals surface area contributed by atoms with Crippen LogP contribution in [0.3, 0.4) is 0 Å². The van der Waals surface area contributed by atoms with Crippen molar-refractivity contribution in [2.75, 3.05) is 13.7 Å². The van der Waals surface area contributed by atoms with E-state index >= 15 is 0 Å². The summed E-state index contributed by atoms with van der Waals surface area (Å²) < 4.78 is 7.04. The molecule has 1 heterocycles. The zero-order chi connectivity index (χ0) is 16.0. The van der Waals surface area contributed by atoms with Gasteiger partial charge < -0.3 is 10.1 Å². The number of hydrogen-bond donors (Lipinski definition) is 1. The maximum absolute atomic E-state index is 11.9. The van der Waals surface area contributed by atoms with Gasteiger partial charge in [-0.1, -0.05) is 11.6 Å². The van der Waals surface area contributed by atoms with Crippen molar-refractivity contribution in [3.05, 3.63) is 16.4 Å². The van der Waals surface area contributed by atoms with Gasteiger partial charge in [-0.25, -0.2) is 0 Å². The molecule has 0 saturated heterocycles. The fraction of sp³-hybridized carbons (Fsp3) is 0.733. The number of ether oxygens (including phenoxy) is 1. The van der Waals surface area contributed by atoms with Gasteiger partial charge in [0.1, 0.15) is 5.54 Å². The average Bonchev–Trinajstić information content (AvgIpc) is 2.71. The van der Waals surface area contributed by atoms with Crippen molar-refractivity contribution in [3.63, 3.8) is 0 Å². The zero-order valence-electron chi connectivity index (χ0n) is 13.6. The Morgan fingerprint density at radius 1 is 1.43 bits per heavy atom. The second-order valence-electron chi connectivity index (χ2n) is 5.47. The largest absolute Gasteiger partial charge is 0.465 e. The van der Waals surface area contributed by atoms with Crippen LogP contribution in [0.1, 0.15) is 44.5 Å². The number of nitrogens with one attached hydrogen (secondary N) is 1. The van der Waals surface area contributed by atoms with Crippen LogP contribution in [0.15, 0.2) is 0 Å². The standard InChI is InChI=1S/C15H26ClN3O2/c1-6-21-14(20)15(4,17-5)9-7-8-10-19-12(3)13(16)11(2)18-19/h17H,6-10H2,1-5H3. The topological polar surface area (TPSA) is 56.2 Å². The highest BCUT2D eigenvalue weighted by Gasteiger charge is 2.32. The number of aromatic nitrogens is 2. The molecular formula is C15H26ClN3O2. The van der Waals surface area contributed by atoms with E-state index in [0.29, 0.717) is 6.61 Å². The minimum Gasteiger partial charge on any atom is -0.465 e. The Bertz CT molecular complexity index is 488. The van der Waals surface area contributed by atoms with Crippen LogP contribution in [-0.4, -0.2) is 34.9 Å². The van der Waals surface area contributed by atoms with Gasteiger partial charge in [-0.15, -0.1) is 0 Å². The first-order chi connectivity index (χ1) is 9.85. The summed E-state index contributed by atoms with van der Waals surface area (Å²) in [6.07, 6.45) is 2.58. The number of esters is 1. The molecule has 1 atom stereocenters. The van der Waals surface area contributed by atoms with Crippen molar-refractivity contribution < 1.29 is 9.53 Å². The Balaban J connectivity index is 2.48. The van der Waals surface area contributed by atoms with Crippen molar-refractivity contribution in [1.29, 1.82) is 0 Å². The Morgan fingerprint density at radius 3 is 2.57 bits per heavy atom. The fourth-order valence-corrected chi connectivity index (χ4v) is 2.39. The van der Waals surface area contributed by atoms with Crippen LogP contribution >= 0.6 is 11.6 Å². The van der Waals surface area contributed by atoms with Crippen LogP contribution in [0.4, 0.5) is 0 Å². The third-order valence-corrected chi connectivity index (χ3v) is 4.41. The van der Waals surface area contributed by atoms with Crippen molar-refractivity contribution in [2.45, 2.75) is 59.0 Å². The van der Waals surface area contributed by atoms with E-state index in [4.69, 9.17) is 16.3 Å². The van der Waals surface area contributed by atoms with Crippen molar-refractivity contribution in [3.8, 4) is 0 Å². The summed E-state index contributed by atoms with van der Waals surface area (Å²) in [7, 11) is 1.79. The van der Waals surface area contributed by atoms with Gasteiger partial charge in [-0.05, 0) is 54.0 Å². The van der Waals surface area contributed by atoms with E-state index in [2.05, 4.69) is 10.4 Å². The second-order valence-corrected chi connectivity index (χ2v) is 5.85. The Morgan fingerprint density at radius 2 is 2.10 bits per heavy atom. The Kier molecular flexibility index (Phi) is 6.68. The number of nitrogens with zero attached hydrogens (tertiary/aromatic N) is 2. The van der Waals surface area contributed by atoms with E-state index in [9.17, 15) is 4.79 Å². The van der Waals surface area contributed by atoms with Crippen LogP contribution in [-0.2, 0) is 16.1 Å². The molecule has 6 heteroatoms. The first-order valence-electron chi connectivity index (χ1n) is 7.41. The highest BCUT2D eigenvalue weighted by atomic mass is 35.5. The number of likely N-dealkylation sites (N-methyl/N-ethyl adjacent to an activating group) is 1. The van der Waals surface area contributed by atoms with E-state index in [1.807, 2.05) is 32.4 Å². The smallest absolute Gasteiger partial charge is 0.326 e. The zero-order valence-corrected chi connectivity index (χ0v) is 14.4. The van der Waals surface area contributed by atoms with Gasteiger partial charge in [0.25, 0.3) is 0 Å². The summed E-state index contributed by atoms with van der Waals surface area (Å²) in [6.45, 7) is 8.79. The molecule has 0 aliphatic carbocycles. The molecule has 1 rings (SSSR count). The van der Waals surface area contributed by atoms with Gasteiger partial charge in [0.05, 0.1) is 23.0 Å². The Labute approximate surface area is 132 Å². The lowest BCUT2D eigenvalue weighted by molar-refractivity contribution is -0.150. The minimum absolute atomic E-state index is 0.193. The lowest BCUT2D eigenvalue weighted by Crippen LogP contribution is -2.48. The van der Waals surface area contributed by atoms with Gasteiger partial charge in [0.2, 0.25) is 0 Å². The summed E-state index contributed by atoms with van der Waals surface area (Å²) >= 11 is 6.13. The Hall–Kier alpha value is -1.07. The molecule has 0 aromatic carbocycles. The van der Waals surface area contributed by atoms with E-state index < -0.39 is 5.54 Å². The lowest BCUT2D eigenvalue weighted by atomic mass is 9.95. The van der Waals surface area contributed by atoms with E-state index in [1.54, 1.807) is 7.05 Å². The average molecular weight is 316 g/mol. The molecule has 0 radical (unpaired) electrons. The highest BCUT2D eigenvalue weighted by Crippen LogP contribution is 2.20. The van der Waals surface area contributed by atoms with Crippen LogP contribution < -0.4 is 5.32 Å². The molecule has 120 valence electrons. The van der Waals surface area contributed by atoms with Gasteiger partial charge in [-0.3, -0.25) is 9.48 Å². The molecular weight excluding hydrogens is 290 g/mol. The predicted octanol–water partition coefficient (Wildman–Crippen LogP) is 2.86. The highest BCUT2D eigenvalue weighted by molar-refractivity contribution is 6.31. The third kappa shape index (κ3) is 4.45. The van der Waals surface area contributed by atoms with Crippen LogP contribution in [0, 0.1) is 13.8 Å². The molecule has 0 aliphatic heterocycles. The van der Waals surface area contributed by atoms with Gasteiger partial charge in [0.15, 0.2) is 0 Å². The van der Waals surface area contributed by atoms with Crippen LogP contribution in [0.2, 0.25) is 5.02 Å². The second kappa shape index (κ2) is 7.80. The fourth-order valence-electron chi connectivity index (χ4n) is 2.25. The number of aryl methyl sites for hydroxylation is 2. The normalized spacial score (nSPS) is 14.0. The molecule has 0 spiro atoms. The minimum atomic E-state index is -0.622. The predicted molar refractivity (Wildman–Crippen MR) is 84.7 cm³/mol. The lowest BCUT2D eigenvalue weighted by Gasteiger charge is -2.26. The van der Waals surface area contributed by atoms with Crippen LogP contribution in [0.5, 0.6) is 0 Å². The van der Waals surface area contributed by atoms with Gasteiger partial charge in [-0.2, -0.15) is 5.10 Å². The molecule has 1 aromatic heterocycles. The van der Waals surface area contributed by atoms with E-state index in [0.717, 1.165) is 42.2 Å². The monoisotopic (exact) mass is 315 g/mol. The first-order valence-corrected chi connectivity index (χ1v) is 7.79. The maximum atomic E-state index is 11.9. The molecule has 0 saturated carbocycles. The molecule has 21 heavy (non-hydrogen) atoms. The van der Waals surface area contributed by atoms with Crippen molar-refractivity contribution >= 4 is 17.6 Å². The summed E-state index contributed by atoms with van der Waals surface area (Å²) in [6, 6.07) is 0.